The Bertz CT molecular complexity index is 5110. The molecule has 6 aliphatic heterocycles. The Balaban J connectivity index is 0.000000277. The zero-order valence-electron chi connectivity index (χ0n) is 88.2. The summed E-state index contributed by atoms with van der Waals surface area (Å²) >= 11 is 0. The normalized spacial score (nSPS) is 32.3. The Morgan fingerprint density at radius 2 is 0.923 bits per heavy atom. The summed E-state index contributed by atoms with van der Waals surface area (Å²) in [5.74, 6) is -6.47. The van der Waals surface area contributed by atoms with Gasteiger partial charge in [0.2, 0.25) is 0 Å². The molecule has 0 aliphatic carbocycles. The number of amides is 4. The minimum Gasteiger partial charge on any atom is -0.458 e. The number of nitrogens with one attached hydrogen (secondary N) is 4. The molecular weight excluding hydrogens is 1820 g/mol. The fourth-order valence-corrected chi connectivity index (χ4v) is 21.5. The van der Waals surface area contributed by atoms with E-state index in [1.165, 1.54) is 18.1 Å². The number of nitrogens with zero attached hydrogens (tertiary/aromatic N) is 9. The highest BCUT2D eigenvalue weighted by molar-refractivity contribution is 6.01. The number of aryl methyl sites for hydroxylation is 2. The molecule has 142 heavy (non-hydrogen) atoms. The summed E-state index contributed by atoms with van der Waals surface area (Å²) in [7, 11) is 3.21. The number of fused-ring (bicyclic) bond motifs is 2. The molecule has 4 unspecified atom stereocenters. The number of aliphatic hydroxyl groups is 1. The summed E-state index contributed by atoms with van der Waals surface area (Å²) < 4.78 is 78.6. The van der Waals surface area contributed by atoms with E-state index in [1.54, 1.807) is 93.1 Å². The number of carbonyl (C=O) groups excluding carboxylic acids is 8. The van der Waals surface area contributed by atoms with Crippen LogP contribution < -0.4 is 27.0 Å². The summed E-state index contributed by atoms with van der Waals surface area (Å²) in [4.78, 5) is 116. The first-order valence-electron chi connectivity index (χ1n) is 50.9. The molecule has 0 saturated carbocycles. The SMILES string of the molecule is CC[C@H]1OC(=O)[C@H](C)C(=O)[C@H](C)[C@@H](O[C@@H]2O[C@H](C)CC(N(Cc3ccccc3)Cc3ccccc3)C2C)[C@](C)(OC)C[C@@H](C)CN[C@H](C)[C@H]2N(CCCCn3cc(-c4cccc(NC(=O)OC(C)(C)C)c4)nn3)C(=O)O[C@]12C.CC[C@H]1OC(=O)[C@H](C)C(=O)[C@H](C)[C@@H](O[C@@H]2O[C@H](C)CC(N)C2O)[C@](C)(OC)C[C@@H](C)CN[C@H](C)[C@H]2N(CCCCn3cc(-c4cccc(NC(=O)OC(C)(C)C)c4)nn3)C(=O)O[C@]12C. The number of ketones is 2. The van der Waals surface area contributed by atoms with E-state index in [0.29, 0.717) is 120 Å². The zero-order chi connectivity index (χ0) is 104. The summed E-state index contributed by atoms with van der Waals surface area (Å²) in [6, 6.07) is 33.3. The maximum absolute atomic E-state index is 14.9. The van der Waals surface area contributed by atoms with Crippen LogP contribution in [0, 0.1) is 41.4 Å². The minimum atomic E-state index is -1.27. The van der Waals surface area contributed by atoms with Crippen LogP contribution in [0.3, 0.4) is 0 Å². The van der Waals surface area contributed by atoms with Crippen molar-refractivity contribution in [2.45, 2.75) is 375 Å². The van der Waals surface area contributed by atoms with Gasteiger partial charge in [0.05, 0.1) is 60.1 Å². The van der Waals surface area contributed by atoms with E-state index in [0.717, 1.165) is 30.6 Å². The Morgan fingerprint density at radius 1 is 0.535 bits per heavy atom. The number of aliphatic hydroxyl groups excluding tert-OH is 1. The van der Waals surface area contributed by atoms with Gasteiger partial charge in [0.15, 0.2) is 35.3 Å². The number of rotatable bonds is 27. The minimum absolute atomic E-state index is 0.00849. The topological polar surface area (TPSA) is 413 Å². The highest BCUT2D eigenvalue weighted by Gasteiger charge is 2.61. The van der Waals surface area contributed by atoms with E-state index in [2.05, 4.69) is 123 Å². The van der Waals surface area contributed by atoms with Gasteiger partial charge < -0.3 is 78.3 Å². The van der Waals surface area contributed by atoms with Gasteiger partial charge in [0.25, 0.3) is 0 Å². The number of anilines is 2. The Kier molecular flexibility index (Phi) is 38.7. The van der Waals surface area contributed by atoms with E-state index >= 15 is 0 Å². The van der Waals surface area contributed by atoms with Crippen LogP contribution in [0.2, 0.25) is 0 Å². The Hall–Kier alpha value is -9.92. The number of ether oxygens (including phenoxy) is 12. The lowest BCUT2D eigenvalue weighted by molar-refractivity contribution is -0.288. The molecule has 0 bridgehead atoms. The molecule has 2 aromatic heterocycles. The summed E-state index contributed by atoms with van der Waals surface area (Å²) in [6.45, 7) is 47.3. The van der Waals surface area contributed by atoms with Crippen LogP contribution in [-0.2, 0) is 102 Å². The smallest absolute Gasteiger partial charge is 0.412 e. The molecule has 35 heteroatoms. The predicted molar refractivity (Wildman–Crippen MR) is 537 cm³/mol. The number of benzene rings is 4. The maximum Gasteiger partial charge on any atom is 0.412 e. The van der Waals surface area contributed by atoms with Crippen molar-refractivity contribution in [1.29, 1.82) is 0 Å². The predicted octanol–water partition coefficient (Wildman–Crippen LogP) is 15.9. The average Bonchev–Trinajstić information content (AvgIpc) is 1.61. The molecule has 4 aromatic carbocycles. The molecule has 7 N–H and O–H groups in total. The zero-order valence-corrected chi connectivity index (χ0v) is 88.2. The molecule has 8 heterocycles. The van der Waals surface area contributed by atoms with Gasteiger partial charge in [-0.3, -0.25) is 53.9 Å². The van der Waals surface area contributed by atoms with Gasteiger partial charge in [-0.2, -0.15) is 0 Å². The van der Waals surface area contributed by atoms with Crippen molar-refractivity contribution in [2.24, 2.45) is 47.2 Å². The number of unbranched alkanes of at least 4 members (excludes halogenated alkanes) is 2. The van der Waals surface area contributed by atoms with Gasteiger partial charge in [-0.25, -0.2) is 19.2 Å². The first kappa shape index (κ1) is 112. The number of carbonyl (C=O) groups is 8. The lowest BCUT2D eigenvalue weighted by atomic mass is 9.78. The van der Waals surface area contributed by atoms with Crippen LogP contribution in [0.1, 0.15) is 235 Å². The molecule has 12 rings (SSSR count). The molecule has 35 nitrogen and oxygen atoms in total. The van der Waals surface area contributed by atoms with Crippen LogP contribution in [-0.4, -0.2) is 263 Å². The molecule has 6 fully saturated rings. The molecular formula is C107H160N14O21. The second-order valence-corrected chi connectivity index (χ2v) is 43.2. The van der Waals surface area contributed by atoms with Gasteiger partial charge >= 0.3 is 36.3 Å². The van der Waals surface area contributed by atoms with Crippen LogP contribution in [0.4, 0.5) is 30.6 Å². The van der Waals surface area contributed by atoms with Crippen molar-refractivity contribution in [3.63, 3.8) is 0 Å². The van der Waals surface area contributed by atoms with Crippen molar-refractivity contribution in [1.82, 2.24) is 55.3 Å². The molecule has 6 aromatic rings. The fourth-order valence-electron chi connectivity index (χ4n) is 21.5. The molecule has 4 amide bonds. The lowest BCUT2D eigenvalue weighted by Crippen LogP contribution is -2.61. The molecule has 784 valence electrons. The second-order valence-electron chi connectivity index (χ2n) is 43.2. The Morgan fingerprint density at radius 3 is 1.32 bits per heavy atom. The molecule has 0 spiro atoms. The third-order valence-electron chi connectivity index (χ3n) is 28.9. The van der Waals surface area contributed by atoms with E-state index < -0.39 is 161 Å². The average molecular weight is 1980 g/mol. The van der Waals surface area contributed by atoms with Crippen LogP contribution in [0.25, 0.3) is 22.5 Å². The van der Waals surface area contributed by atoms with E-state index in [4.69, 9.17) is 62.6 Å². The Labute approximate surface area is 838 Å². The largest absolute Gasteiger partial charge is 0.458 e. The van der Waals surface area contributed by atoms with Crippen LogP contribution >= 0.6 is 0 Å². The number of nitrogens with two attached hydrogens (primary N) is 1. The second kappa shape index (κ2) is 48.9. The third-order valence-corrected chi connectivity index (χ3v) is 28.9. The van der Waals surface area contributed by atoms with Crippen molar-refractivity contribution in [3.05, 3.63) is 133 Å². The highest BCUT2D eigenvalue weighted by Crippen LogP contribution is 2.45. The number of esters is 2. The van der Waals surface area contributed by atoms with Crippen molar-refractivity contribution >= 4 is 59.3 Å². The monoisotopic (exact) mass is 1980 g/mol. The number of hydrogen-bond acceptors (Lipinski definition) is 29. The van der Waals surface area contributed by atoms with Gasteiger partial charge in [-0.05, 0) is 235 Å². The van der Waals surface area contributed by atoms with Crippen molar-refractivity contribution in [3.8, 4) is 22.5 Å². The lowest BCUT2D eigenvalue weighted by Gasteiger charge is -2.48. The van der Waals surface area contributed by atoms with Gasteiger partial charge in [0, 0.05) is 118 Å². The number of hydrogen-bond donors (Lipinski definition) is 6. The van der Waals surface area contributed by atoms with Crippen LogP contribution in [0.15, 0.2) is 122 Å². The highest BCUT2D eigenvalue weighted by atomic mass is 16.7. The van der Waals surface area contributed by atoms with Crippen molar-refractivity contribution in [2.75, 3.05) is 51.0 Å². The van der Waals surface area contributed by atoms with Gasteiger partial charge in [-0.1, -0.05) is 144 Å². The number of Topliss-reactive ketones (excluding diaryl/α,β-unsaturated/α-hetero) is 2. The third kappa shape index (κ3) is 28.4. The van der Waals surface area contributed by atoms with E-state index in [1.807, 2.05) is 138 Å². The maximum atomic E-state index is 14.9. The summed E-state index contributed by atoms with van der Waals surface area (Å²) in [5, 5.41) is 41.4. The first-order chi connectivity index (χ1) is 67.0. The van der Waals surface area contributed by atoms with E-state index in [9.17, 15) is 43.5 Å². The number of methoxy groups -OCH3 is 2. The fraction of sp³-hybridized carbons (Fsp3) is 0.664. The number of cyclic esters (lactones) is 2. The molecule has 0 radical (unpaired) electrons. The number of aromatic nitrogens is 6. The molecule has 6 saturated heterocycles. The first-order valence-corrected chi connectivity index (χ1v) is 50.9. The molecule has 6 aliphatic rings. The van der Waals surface area contributed by atoms with Gasteiger partial charge in [-0.15, -0.1) is 10.2 Å². The van der Waals surface area contributed by atoms with Crippen LogP contribution in [0.5, 0.6) is 0 Å². The quantitative estimate of drug-likeness (QED) is 0.0121. The van der Waals surface area contributed by atoms with Gasteiger partial charge in [0.1, 0.15) is 52.7 Å². The van der Waals surface area contributed by atoms with Crippen molar-refractivity contribution < 1.29 is 100 Å². The van der Waals surface area contributed by atoms with E-state index in [-0.39, 0.29) is 53.9 Å². The standard InChI is InChI=1S/C61H87N7O10.C46H73N7O11/c1-14-51-61(12)53(68(58(72)78-61)31-22-21-30-67-38-49(64-65-67)47-28-23-29-48(33-47)63-57(71)77-59(8,9)10)44(7)62-35-39(2)34-60(11,73-13)54(42(5)52(69)43(6)55(70)75-51)76-56-41(4)50(32-40(3)74-56)66(36-45-24-17-15-18-25-45)37-46-26-19-16-20-27-46;1-13-35-46(11)38(53(43(58)64-46)20-15-14-19-52-25-34(50-51-52)31-17-16-18-32(22-31)49-42(57)63-44(7,8)9)30(6)48-24-26(2)23-45(10,59-12)39(28(4)36(54)29(5)40(56)61-35)62-41-37(55)33(47)21-27(3)60-41/h15-20,23-29,33,38-44,50-51,53-54,56,62H,14,21-22,30-32,34-37H2,1-13H3,(H,63,71);16-18,22,25-30,33,35,37-39,41,48,55H,13-15,19-21,23-24,47H2,1-12H3,(H,49,57)/t39-,40-,41?,42+,43-,44-,50?,51-,53-,54-,56+,60-,61-;26-,27-,28+,29-,30-,33?,35-,37?,38-,39-,41+,45-,46-/m11/s1. The summed E-state index contributed by atoms with van der Waals surface area (Å²) in [6.07, 6.45) is 0.00889. The molecule has 26 atom stereocenters. The summed E-state index contributed by atoms with van der Waals surface area (Å²) in [5.41, 5.74) is 6.76.